The summed E-state index contributed by atoms with van der Waals surface area (Å²) < 4.78 is 0. The van der Waals surface area contributed by atoms with Crippen LogP contribution in [0.5, 0.6) is 0 Å². The summed E-state index contributed by atoms with van der Waals surface area (Å²) in [5, 5.41) is 15.7. The second-order valence-corrected chi connectivity index (χ2v) is 8.65. The Kier molecular flexibility index (Phi) is 6.47. The summed E-state index contributed by atoms with van der Waals surface area (Å²) in [7, 11) is 0. The van der Waals surface area contributed by atoms with Crippen molar-refractivity contribution in [3.05, 3.63) is 0 Å². The van der Waals surface area contributed by atoms with Crippen molar-refractivity contribution in [3.8, 4) is 0 Å². The minimum Gasteiger partial charge on any atom is -0.465 e. The molecular formula is C19H33N3O3. The number of hydrazone groups is 1. The fraction of sp³-hybridized carbons (Fsp3) is 0.842. The van der Waals surface area contributed by atoms with E-state index in [1.165, 1.54) is 37.0 Å². The molecule has 0 bridgehead atoms. The Balaban J connectivity index is 2.07. The average Bonchev–Trinajstić information content (AvgIpc) is 2.88. The maximum atomic E-state index is 12.5. The Morgan fingerprint density at radius 3 is 2.48 bits per heavy atom. The number of carboxylic acid groups (broad SMARTS) is 1. The van der Waals surface area contributed by atoms with Crippen molar-refractivity contribution in [1.29, 1.82) is 0 Å². The summed E-state index contributed by atoms with van der Waals surface area (Å²) in [6.07, 6.45) is 6.28. The van der Waals surface area contributed by atoms with Gasteiger partial charge in [0, 0.05) is 6.54 Å². The Morgan fingerprint density at radius 1 is 1.32 bits per heavy atom. The van der Waals surface area contributed by atoms with Crippen LogP contribution in [0.25, 0.3) is 0 Å². The van der Waals surface area contributed by atoms with Gasteiger partial charge >= 0.3 is 6.09 Å². The highest BCUT2D eigenvalue weighted by Gasteiger charge is 2.35. The molecule has 1 saturated carbocycles. The number of hydrogen-bond donors (Lipinski definition) is 1. The highest BCUT2D eigenvalue weighted by atomic mass is 16.4. The SMILES string of the molecule is CCC(C1CCCCC1)N1N=C(CN(CC(C)(C)C)C(=O)O)CC1=O. The summed E-state index contributed by atoms with van der Waals surface area (Å²) in [5.74, 6) is 0.546. The smallest absolute Gasteiger partial charge is 0.407 e. The van der Waals surface area contributed by atoms with Crippen LogP contribution in [0.2, 0.25) is 0 Å². The molecule has 0 aromatic heterocycles. The normalized spacial score (nSPS) is 20.6. The standard InChI is InChI=1S/C19H33N3O3/c1-5-16(14-9-7-6-8-10-14)22-17(23)11-15(20-22)12-21(18(24)25)13-19(2,3)4/h14,16H,5-13H2,1-4H3,(H,24,25). The van der Waals surface area contributed by atoms with Crippen molar-refractivity contribution < 1.29 is 14.7 Å². The molecule has 2 amide bonds. The maximum Gasteiger partial charge on any atom is 0.407 e. The summed E-state index contributed by atoms with van der Waals surface area (Å²) in [6.45, 7) is 8.78. The third-order valence-electron chi connectivity index (χ3n) is 5.10. The van der Waals surface area contributed by atoms with Crippen molar-refractivity contribution in [2.45, 2.75) is 78.7 Å². The molecule has 2 aliphatic rings. The fourth-order valence-electron chi connectivity index (χ4n) is 4.05. The van der Waals surface area contributed by atoms with E-state index in [1.807, 2.05) is 20.8 Å². The second kappa shape index (κ2) is 8.19. The molecule has 0 spiro atoms. The molecule has 25 heavy (non-hydrogen) atoms. The first kappa shape index (κ1) is 19.7. The number of rotatable bonds is 6. The molecule has 0 radical (unpaired) electrons. The molecule has 2 rings (SSSR count). The zero-order chi connectivity index (χ0) is 18.6. The molecule has 0 aromatic carbocycles. The van der Waals surface area contributed by atoms with Crippen molar-refractivity contribution in [3.63, 3.8) is 0 Å². The van der Waals surface area contributed by atoms with E-state index < -0.39 is 6.09 Å². The van der Waals surface area contributed by atoms with E-state index in [1.54, 1.807) is 5.01 Å². The maximum absolute atomic E-state index is 12.5. The van der Waals surface area contributed by atoms with E-state index in [0.29, 0.717) is 18.2 Å². The van der Waals surface area contributed by atoms with Gasteiger partial charge in [0.2, 0.25) is 5.91 Å². The molecular weight excluding hydrogens is 318 g/mol. The number of nitrogens with zero attached hydrogens (tertiary/aromatic N) is 3. The molecule has 142 valence electrons. The van der Waals surface area contributed by atoms with Gasteiger partial charge < -0.3 is 10.0 Å². The summed E-state index contributed by atoms with van der Waals surface area (Å²) in [4.78, 5) is 25.4. The van der Waals surface area contributed by atoms with E-state index >= 15 is 0 Å². The third-order valence-corrected chi connectivity index (χ3v) is 5.10. The Hall–Kier alpha value is -1.59. The van der Waals surface area contributed by atoms with E-state index in [0.717, 1.165) is 6.42 Å². The minimum atomic E-state index is -0.956. The molecule has 1 N–H and O–H groups in total. The van der Waals surface area contributed by atoms with Crippen LogP contribution in [0.3, 0.4) is 0 Å². The lowest BCUT2D eigenvalue weighted by Crippen LogP contribution is -2.40. The third kappa shape index (κ3) is 5.44. The monoisotopic (exact) mass is 351 g/mol. The van der Waals surface area contributed by atoms with Gasteiger partial charge in [-0.1, -0.05) is 47.0 Å². The number of carbonyl (C=O) groups excluding carboxylic acids is 1. The Labute approximate surface area is 151 Å². The van der Waals surface area contributed by atoms with Crippen LogP contribution < -0.4 is 0 Å². The van der Waals surface area contributed by atoms with Gasteiger partial charge in [-0.15, -0.1) is 0 Å². The van der Waals surface area contributed by atoms with Gasteiger partial charge in [-0.25, -0.2) is 9.80 Å². The van der Waals surface area contributed by atoms with Crippen LogP contribution in [0.15, 0.2) is 5.10 Å². The molecule has 1 atom stereocenters. The largest absolute Gasteiger partial charge is 0.465 e. The molecule has 1 aliphatic heterocycles. The highest BCUT2D eigenvalue weighted by molar-refractivity contribution is 6.06. The quantitative estimate of drug-likeness (QED) is 0.787. The topological polar surface area (TPSA) is 73.2 Å². The predicted octanol–water partition coefficient (Wildman–Crippen LogP) is 3.96. The molecule has 1 heterocycles. The molecule has 6 nitrogen and oxygen atoms in total. The molecule has 1 aliphatic carbocycles. The molecule has 0 saturated heterocycles. The summed E-state index contributed by atoms with van der Waals surface area (Å²) >= 11 is 0. The first-order valence-corrected chi connectivity index (χ1v) is 9.57. The van der Waals surface area contributed by atoms with Crippen molar-refractivity contribution in [2.24, 2.45) is 16.4 Å². The highest BCUT2D eigenvalue weighted by Crippen LogP contribution is 2.32. The zero-order valence-electron chi connectivity index (χ0n) is 16.1. The van der Waals surface area contributed by atoms with Crippen LogP contribution in [0, 0.1) is 11.3 Å². The van der Waals surface area contributed by atoms with Gasteiger partial charge in [-0.05, 0) is 30.6 Å². The van der Waals surface area contributed by atoms with Crippen LogP contribution in [0.4, 0.5) is 4.79 Å². The van der Waals surface area contributed by atoms with Crippen LogP contribution in [0.1, 0.15) is 72.6 Å². The van der Waals surface area contributed by atoms with Gasteiger partial charge in [0.15, 0.2) is 0 Å². The van der Waals surface area contributed by atoms with Gasteiger partial charge in [0.1, 0.15) is 0 Å². The van der Waals surface area contributed by atoms with E-state index in [-0.39, 0.29) is 30.3 Å². The lowest BCUT2D eigenvalue weighted by atomic mass is 9.82. The van der Waals surface area contributed by atoms with Crippen LogP contribution in [-0.4, -0.2) is 51.9 Å². The number of carbonyl (C=O) groups is 2. The zero-order valence-corrected chi connectivity index (χ0v) is 16.1. The molecule has 1 unspecified atom stereocenters. The first-order chi connectivity index (χ1) is 11.7. The summed E-state index contributed by atoms with van der Waals surface area (Å²) in [5.41, 5.74) is 0.542. The van der Waals surface area contributed by atoms with E-state index in [9.17, 15) is 14.7 Å². The lowest BCUT2D eigenvalue weighted by Gasteiger charge is -2.33. The first-order valence-electron chi connectivity index (χ1n) is 9.57. The molecule has 6 heteroatoms. The number of amides is 2. The Morgan fingerprint density at radius 2 is 1.96 bits per heavy atom. The average molecular weight is 351 g/mol. The molecule has 0 aromatic rings. The lowest BCUT2D eigenvalue weighted by molar-refractivity contribution is -0.132. The van der Waals surface area contributed by atoms with Gasteiger partial charge in [-0.2, -0.15) is 5.10 Å². The number of hydrogen-bond acceptors (Lipinski definition) is 3. The fourth-order valence-corrected chi connectivity index (χ4v) is 4.05. The van der Waals surface area contributed by atoms with Crippen molar-refractivity contribution in [2.75, 3.05) is 13.1 Å². The second-order valence-electron chi connectivity index (χ2n) is 8.65. The van der Waals surface area contributed by atoms with E-state index in [2.05, 4.69) is 12.0 Å². The van der Waals surface area contributed by atoms with Crippen molar-refractivity contribution >= 4 is 17.7 Å². The van der Waals surface area contributed by atoms with Gasteiger partial charge in [0.25, 0.3) is 0 Å². The van der Waals surface area contributed by atoms with Gasteiger partial charge in [0.05, 0.1) is 24.7 Å². The Bertz CT molecular complexity index is 518. The van der Waals surface area contributed by atoms with Gasteiger partial charge in [-0.3, -0.25) is 4.79 Å². The van der Waals surface area contributed by atoms with E-state index in [4.69, 9.17) is 0 Å². The van der Waals surface area contributed by atoms with Crippen LogP contribution >= 0.6 is 0 Å². The minimum absolute atomic E-state index is 0.0218. The molecule has 1 fully saturated rings. The van der Waals surface area contributed by atoms with Crippen molar-refractivity contribution in [1.82, 2.24) is 9.91 Å². The summed E-state index contributed by atoms with van der Waals surface area (Å²) in [6, 6.07) is 0.159. The van der Waals surface area contributed by atoms with Crippen LogP contribution in [-0.2, 0) is 4.79 Å². The predicted molar refractivity (Wildman–Crippen MR) is 98.6 cm³/mol.